The predicted octanol–water partition coefficient (Wildman–Crippen LogP) is 0.400. The molecule has 1 aromatic heterocycles. The van der Waals surface area contributed by atoms with Crippen LogP contribution in [0.2, 0.25) is 0 Å². The Morgan fingerprint density at radius 1 is 1.75 bits per heavy atom. The molecule has 0 spiro atoms. The number of nitrogens with one attached hydrogen (secondary N) is 2. The van der Waals surface area contributed by atoms with Gasteiger partial charge in [-0.05, 0) is 12.2 Å². The van der Waals surface area contributed by atoms with E-state index in [1.807, 2.05) is 11.8 Å². The summed E-state index contributed by atoms with van der Waals surface area (Å²) in [5.74, 6) is 2.52. The van der Waals surface area contributed by atoms with Gasteiger partial charge in [0.1, 0.15) is 0 Å². The van der Waals surface area contributed by atoms with Crippen LogP contribution in [0.5, 0.6) is 0 Å². The summed E-state index contributed by atoms with van der Waals surface area (Å²) in [6.45, 7) is 0.835. The van der Waals surface area contributed by atoms with E-state index in [4.69, 9.17) is 0 Å². The maximum absolute atomic E-state index is 3.97. The van der Waals surface area contributed by atoms with Crippen molar-refractivity contribution >= 4 is 11.8 Å². The molecule has 4 nitrogen and oxygen atoms in total. The Bertz CT molecular complexity index is 217. The highest BCUT2D eigenvalue weighted by molar-refractivity contribution is 7.99. The molecule has 1 fully saturated rings. The van der Waals surface area contributed by atoms with Crippen molar-refractivity contribution in [3.63, 3.8) is 0 Å². The van der Waals surface area contributed by atoms with Crippen molar-refractivity contribution in [2.24, 2.45) is 0 Å². The third-order valence-corrected chi connectivity index (χ3v) is 3.13. The first-order chi connectivity index (χ1) is 5.95. The van der Waals surface area contributed by atoms with Gasteiger partial charge in [0.2, 0.25) is 0 Å². The van der Waals surface area contributed by atoms with Gasteiger partial charge < -0.3 is 5.32 Å². The van der Waals surface area contributed by atoms with Crippen molar-refractivity contribution in [3.05, 3.63) is 11.9 Å². The van der Waals surface area contributed by atoms with E-state index in [1.54, 1.807) is 6.20 Å². The van der Waals surface area contributed by atoms with Crippen molar-refractivity contribution in [1.82, 2.24) is 20.7 Å². The van der Waals surface area contributed by atoms with E-state index in [1.165, 1.54) is 17.9 Å². The van der Waals surface area contributed by atoms with Gasteiger partial charge in [-0.15, -0.1) is 0 Å². The van der Waals surface area contributed by atoms with Gasteiger partial charge in [0, 0.05) is 18.3 Å². The Morgan fingerprint density at radius 2 is 2.75 bits per heavy atom. The Hall–Kier alpha value is -0.550. The average molecular weight is 184 g/mol. The van der Waals surface area contributed by atoms with Crippen LogP contribution in [-0.4, -0.2) is 33.0 Å². The smallest absolute Gasteiger partial charge is 0.0962 e. The van der Waals surface area contributed by atoms with E-state index in [9.17, 15) is 0 Å². The Kier molecular flexibility index (Phi) is 2.63. The van der Waals surface area contributed by atoms with Crippen LogP contribution in [-0.2, 0) is 6.54 Å². The zero-order valence-corrected chi connectivity index (χ0v) is 7.60. The first-order valence-electron chi connectivity index (χ1n) is 4.11. The van der Waals surface area contributed by atoms with Crippen LogP contribution >= 0.6 is 11.8 Å². The quantitative estimate of drug-likeness (QED) is 0.714. The maximum Gasteiger partial charge on any atom is 0.0962 e. The molecule has 1 unspecified atom stereocenters. The standard InChI is InChI=1S/C7H12N4S/c1-2-12-5-6(1)8-3-7-4-9-11-10-7/h4,6,8H,1-3,5H2,(H,9,10,11). The van der Waals surface area contributed by atoms with Crippen LogP contribution in [0.25, 0.3) is 0 Å². The van der Waals surface area contributed by atoms with Crippen molar-refractivity contribution in [3.8, 4) is 0 Å². The number of hydrogen-bond acceptors (Lipinski definition) is 4. The summed E-state index contributed by atoms with van der Waals surface area (Å²) in [5.41, 5.74) is 0.993. The lowest BCUT2D eigenvalue weighted by Gasteiger charge is -2.08. The van der Waals surface area contributed by atoms with Gasteiger partial charge in [-0.3, -0.25) is 0 Å². The summed E-state index contributed by atoms with van der Waals surface area (Å²) in [7, 11) is 0. The Morgan fingerprint density at radius 3 is 3.42 bits per heavy atom. The van der Waals surface area contributed by atoms with Crippen molar-refractivity contribution in [2.75, 3.05) is 11.5 Å². The normalized spacial score (nSPS) is 23.2. The minimum absolute atomic E-state index is 0.673. The topological polar surface area (TPSA) is 53.6 Å². The van der Waals surface area contributed by atoms with Crippen LogP contribution in [0.1, 0.15) is 12.1 Å². The van der Waals surface area contributed by atoms with E-state index in [-0.39, 0.29) is 0 Å². The summed E-state index contributed by atoms with van der Waals surface area (Å²) in [6, 6.07) is 0.673. The lowest BCUT2D eigenvalue weighted by atomic mass is 10.2. The zero-order valence-electron chi connectivity index (χ0n) is 6.79. The Labute approximate surface area is 75.5 Å². The largest absolute Gasteiger partial charge is 0.307 e. The minimum Gasteiger partial charge on any atom is -0.307 e. The molecule has 2 rings (SSSR count). The molecule has 0 aromatic carbocycles. The van der Waals surface area contributed by atoms with Crippen molar-refractivity contribution < 1.29 is 0 Å². The summed E-state index contributed by atoms with van der Waals surface area (Å²) in [4.78, 5) is 0. The highest BCUT2D eigenvalue weighted by atomic mass is 32.2. The number of H-pyrrole nitrogens is 1. The SMILES string of the molecule is c1n[nH]nc1CNC1CCSC1. The molecule has 2 N–H and O–H groups in total. The number of nitrogens with zero attached hydrogens (tertiary/aromatic N) is 2. The van der Waals surface area contributed by atoms with Crippen LogP contribution in [0.4, 0.5) is 0 Å². The molecular weight excluding hydrogens is 172 g/mol. The molecule has 12 heavy (non-hydrogen) atoms. The molecule has 0 bridgehead atoms. The van der Waals surface area contributed by atoms with Crippen LogP contribution < -0.4 is 5.32 Å². The fourth-order valence-electron chi connectivity index (χ4n) is 1.25. The summed E-state index contributed by atoms with van der Waals surface area (Å²) >= 11 is 2.01. The second-order valence-corrected chi connectivity index (χ2v) is 4.05. The summed E-state index contributed by atoms with van der Waals surface area (Å²) < 4.78 is 0. The fraction of sp³-hybridized carbons (Fsp3) is 0.714. The average Bonchev–Trinajstić information content (AvgIpc) is 2.74. The summed E-state index contributed by atoms with van der Waals surface area (Å²) in [6.07, 6.45) is 3.04. The van der Waals surface area contributed by atoms with Crippen molar-refractivity contribution in [2.45, 2.75) is 19.0 Å². The number of aromatic nitrogens is 3. The second-order valence-electron chi connectivity index (χ2n) is 2.90. The number of aromatic amines is 1. The van der Waals surface area contributed by atoms with Gasteiger partial charge in [0.15, 0.2) is 0 Å². The molecule has 2 heterocycles. The first-order valence-corrected chi connectivity index (χ1v) is 5.26. The molecule has 1 atom stereocenters. The third kappa shape index (κ3) is 1.98. The fourth-order valence-corrected chi connectivity index (χ4v) is 2.44. The van der Waals surface area contributed by atoms with E-state index < -0.39 is 0 Å². The lowest BCUT2D eigenvalue weighted by molar-refractivity contribution is 0.551. The van der Waals surface area contributed by atoms with E-state index in [0.717, 1.165) is 12.2 Å². The molecule has 1 aliphatic rings. The molecule has 0 saturated carbocycles. The monoisotopic (exact) mass is 184 g/mol. The number of rotatable bonds is 3. The molecule has 66 valence electrons. The minimum atomic E-state index is 0.673. The lowest BCUT2D eigenvalue weighted by Crippen LogP contribution is -2.28. The van der Waals surface area contributed by atoms with Gasteiger partial charge in [0.25, 0.3) is 0 Å². The number of thioether (sulfide) groups is 1. The van der Waals surface area contributed by atoms with Gasteiger partial charge in [-0.25, -0.2) is 0 Å². The highest BCUT2D eigenvalue weighted by Gasteiger charge is 2.14. The third-order valence-electron chi connectivity index (χ3n) is 1.97. The molecule has 1 aliphatic heterocycles. The van der Waals surface area contributed by atoms with Gasteiger partial charge in [-0.2, -0.15) is 27.2 Å². The molecule has 5 heteroatoms. The zero-order chi connectivity index (χ0) is 8.23. The Balaban J connectivity index is 1.74. The van der Waals surface area contributed by atoms with Crippen LogP contribution in [0, 0.1) is 0 Å². The van der Waals surface area contributed by atoms with Crippen LogP contribution in [0.3, 0.4) is 0 Å². The molecule has 0 amide bonds. The van der Waals surface area contributed by atoms with Gasteiger partial charge in [0.05, 0.1) is 11.9 Å². The van der Waals surface area contributed by atoms with E-state index >= 15 is 0 Å². The molecule has 0 radical (unpaired) electrons. The van der Waals surface area contributed by atoms with E-state index in [2.05, 4.69) is 20.7 Å². The highest BCUT2D eigenvalue weighted by Crippen LogP contribution is 2.16. The first kappa shape index (κ1) is 8.07. The predicted molar refractivity (Wildman–Crippen MR) is 49.0 cm³/mol. The van der Waals surface area contributed by atoms with E-state index in [0.29, 0.717) is 6.04 Å². The van der Waals surface area contributed by atoms with Gasteiger partial charge in [-0.1, -0.05) is 0 Å². The molecule has 0 aliphatic carbocycles. The van der Waals surface area contributed by atoms with Gasteiger partial charge >= 0.3 is 0 Å². The number of hydrogen-bond donors (Lipinski definition) is 2. The van der Waals surface area contributed by atoms with Crippen molar-refractivity contribution in [1.29, 1.82) is 0 Å². The maximum atomic E-state index is 3.97. The molecule has 1 aromatic rings. The molecular formula is C7H12N4S. The van der Waals surface area contributed by atoms with Crippen LogP contribution in [0.15, 0.2) is 6.20 Å². The summed E-state index contributed by atoms with van der Waals surface area (Å²) in [5, 5.41) is 13.8. The molecule has 1 saturated heterocycles. The second kappa shape index (κ2) is 3.91.